The second kappa shape index (κ2) is 7.43. The third kappa shape index (κ3) is 4.20. The van der Waals surface area contributed by atoms with Gasteiger partial charge < -0.3 is 11.1 Å². The maximum absolute atomic E-state index is 11.9. The number of hydrogen-bond acceptors (Lipinski definition) is 6. The van der Waals surface area contributed by atoms with E-state index >= 15 is 0 Å². The number of amides is 1. The van der Waals surface area contributed by atoms with Gasteiger partial charge in [-0.15, -0.1) is 0 Å². The Labute approximate surface area is 132 Å². The lowest BCUT2D eigenvalue weighted by Gasteiger charge is -2.06. The van der Waals surface area contributed by atoms with Gasteiger partial charge in [-0.1, -0.05) is 30.8 Å². The molecule has 2 aromatic rings. The number of anilines is 2. The van der Waals surface area contributed by atoms with Crippen LogP contribution in [0.1, 0.15) is 18.1 Å². The van der Waals surface area contributed by atoms with Crippen molar-refractivity contribution in [3.63, 3.8) is 0 Å². The SMILES string of the molecule is CCc1ccc(NC(=O)CSc2ncc(C#N)c(N)n2)cc1. The summed E-state index contributed by atoms with van der Waals surface area (Å²) in [5.41, 5.74) is 7.80. The fourth-order valence-corrected chi connectivity index (χ4v) is 2.31. The van der Waals surface area contributed by atoms with Gasteiger partial charge >= 0.3 is 0 Å². The lowest BCUT2D eigenvalue weighted by Crippen LogP contribution is -2.14. The Morgan fingerprint density at radius 1 is 1.41 bits per heavy atom. The molecule has 6 nitrogen and oxygen atoms in total. The largest absolute Gasteiger partial charge is 0.382 e. The molecule has 0 fully saturated rings. The van der Waals surface area contributed by atoms with E-state index < -0.39 is 0 Å². The molecule has 112 valence electrons. The normalized spacial score (nSPS) is 10.0. The molecule has 1 amide bonds. The van der Waals surface area contributed by atoms with Crippen LogP contribution in [0.5, 0.6) is 0 Å². The van der Waals surface area contributed by atoms with Gasteiger partial charge in [-0.2, -0.15) is 5.26 Å². The molecule has 0 aliphatic carbocycles. The minimum atomic E-state index is -0.152. The molecular weight excluding hydrogens is 298 g/mol. The minimum absolute atomic E-state index is 0.121. The molecule has 0 spiro atoms. The Hall–Kier alpha value is -2.59. The van der Waals surface area contributed by atoms with Crippen LogP contribution >= 0.6 is 11.8 Å². The summed E-state index contributed by atoms with van der Waals surface area (Å²) in [7, 11) is 0. The number of nitrogens with one attached hydrogen (secondary N) is 1. The molecular formula is C15H15N5OS. The van der Waals surface area contributed by atoms with Crippen LogP contribution in [0, 0.1) is 11.3 Å². The fourth-order valence-electron chi connectivity index (χ4n) is 1.68. The van der Waals surface area contributed by atoms with E-state index in [4.69, 9.17) is 11.0 Å². The van der Waals surface area contributed by atoms with Gasteiger partial charge in [0.05, 0.1) is 11.9 Å². The summed E-state index contributed by atoms with van der Waals surface area (Å²) in [6.45, 7) is 2.08. The second-order valence-corrected chi connectivity index (χ2v) is 5.39. The highest BCUT2D eigenvalue weighted by Crippen LogP contribution is 2.16. The first-order valence-electron chi connectivity index (χ1n) is 6.66. The third-order valence-electron chi connectivity index (χ3n) is 2.89. The smallest absolute Gasteiger partial charge is 0.234 e. The first-order valence-corrected chi connectivity index (χ1v) is 7.65. The number of nitrogen functional groups attached to an aromatic ring is 1. The number of aryl methyl sites for hydroxylation is 1. The number of hydrogen-bond donors (Lipinski definition) is 2. The van der Waals surface area contributed by atoms with Gasteiger partial charge in [0, 0.05) is 5.69 Å². The average molecular weight is 313 g/mol. The van der Waals surface area contributed by atoms with Gasteiger partial charge in [-0.3, -0.25) is 4.79 Å². The molecule has 0 saturated carbocycles. The number of benzene rings is 1. The van der Waals surface area contributed by atoms with E-state index in [9.17, 15) is 4.79 Å². The van der Waals surface area contributed by atoms with Crippen molar-refractivity contribution in [2.45, 2.75) is 18.5 Å². The van der Waals surface area contributed by atoms with E-state index in [1.807, 2.05) is 30.3 Å². The number of thioether (sulfide) groups is 1. The van der Waals surface area contributed by atoms with Crippen molar-refractivity contribution in [1.82, 2.24) is 9.97 Å². The highest BCUT2D eigenvalue weighted by atomic mass is 32.2. The van der Waals surface area contributed by atoms with Gasteiger partial charge in [0.1, 0.15) is 17.5 Å². The van der Waals surface area contributed by atoms with Crippen LogP contribution < -0.4 is 11.1 Å². The monoisotopic (exact) mass is 313 g/mol. The Morgan fingerprint density at radius 2 is 2.14 bits per heavy atom. The maximum atomic E-state index is 11.9. The van der Waals surface area contributed by atoms with Crippen LogP contribution in [0.25, 0.3) is 0 Å². The molecule has 1 aromatic carbocycles. The van der Waals surface area contributed by atoms with E-state index in [1.54, 1.807) is 0 Å². The van der Waals surface area contributed by atoms with Crippen molar-refractivity contribution in [3.05, 3.63) is 41.6 Å². The molecule has 0 unspecified atom stereocenters. The molecule has 3 N–H and O–H groups in total. The van der Waals surface area contributed by atoms with Crippen LogP contribution in [-0.4, -0.2) is 21.6 Å². The van der Waals surface area contributed by atoms with Crippen molar-refractivity contribution in [2.24, 2.45) is 0 Å². The Morgan fingerprint density at radius 3 is 2.73 bits per heavy atom. The number of nitrogens with zero attached hydrogens (tertiary/aromatic N) is 3. The summed E-state index contributed by atoms with van der Waals surface area (Å²) in [4.78, 5) is 19.8. The van der Waals surface area contributed by atoms with Crippen LogP contribution in [0.4, 0.5) is 11.5 Å². The number of carbonyl (C=O) groups excluding carboxylic acids is 1. The average Bonchev–Trinajstić information content (AvgIpc) is 2.54. The Balaban J connectivity index is 1.89. The topological polar surface area (TPSA) is 105 Å². The van der Waals surface area contributed by atoms with Crippen LogP contribution in [0.15, 0.2) is 35.6 Å². The van der Waals surface area contributed by atoms with E-state index in [1.165, 1.54) is 23.5 Å². The molecule has 0 aliphatic rings. The highest BCUT2D eigenvalue weighted by molar-refractivity contribution is 7.99. The number of nitriles is 1. The zero-order valence-corrected chi connectivity index (χ0v) is 12.9. The van der Waals surface area contributed by atoms with Gasteiger partial charge in [-0.05, 0) is 24.1 Å². The van der Waals surface area contributed by atoms with Crippen molar-refractivity contribution in [3.8, 4) is 6.07 Å². The number of carbonyl (C=O) groups is 1. The fraction of sp³-hybridized carbons (Fsp3) is 0.200. The third-order valence-corrected chi connectivity index (χ3v) is 3.76. The zero-order chi connectivity index (χ0) is 15.9. The molecule has 0 radical (unpaired) electrons. The van der Waals surface area contributed by atoms with E-state index in [-0.39, 0.29) is 23.0 Å². The molecule has 0 saturated heterocycles. The maximum Gasteiger partial charge on any atom is 0.234 e. The molecule has 0 atom stereocenters. The molecule has 2 rings (SSSR count). The predicted molar refractivity (Wildman–Crippen MR) is 86.3 cm³/mol. The van der Waals surface area contributed by atoms with Gasteiger partial charge in [-0.25, -0.2) is 9.97 Å². The van der Waals surface area contributed by atoms with Crippen molar-refractivity contribution < 1.29 is 4.79 Å². The molecule has 1 heterocycles. The molecule has 0 bridgehead atoms. The molecule has 0 aliphatic heterocycles. The quantitative estimate of drug-likeness (QED) is 0.648. The first kappa shape index (κ1) is 15.8. The molecule has 22 heavy (non-hydrogen) atoms. The van der Waals surface area contributed by atoms with Crippen molar-refractivity contribution >= 4 is 29.2 Å². The van der Waals surface area contributed by atoms with E-state index in [0.29, 0.717) is 5.16 Å². The predicted octanol–water partition coefficient (Wildman–Crippen LogP) is 2.22. The standard InChI is InChI=1S/C15H15N5OS/c1-2-10-3-5-12(6-4-10)19-13(21)9-22-15-18-8-11(7-16)14(17)20-15/h3-6,8H,2,9H2,1H3,(H,19,21)(H2,17,18,20). The summed E-state index contributed by atoms with van der Waals surface area (Å²) in [6, 6.07) is 9.59. The molecule has 7 heteroatoms. The van der Waals surface area contributed by atoms with Crippen LogP contribution in [0.2, 0.25) is 0 Å². The number of aromatic nitrogens is 2. The minimum Gasteiger partial charge on any atom is -0.382 e. The Bertz CT molecular complexity index is 709. The van der Waals surface area contributed by atoms with E-state index in [2.05, 4.69) is 22.2 Å². The lowest BCUT2D eigenvalue weighted by atomic mass is 10.1. The molecule has 1 aromatic heterocycles. The summed E-state index contributed by atoms with van der Waals surface area (Å²) in [5.74, 6) is 0.136. The number of rotatable bonds is 5. The Kier molecular flexibility index (Phi) is 5.33. The summed E-state index contributed by atoms with van der Waals surface area (Å²) in [6.07, 6.45) is 2.31. The second-order valence-electron chi connectivity index (χ2n) is 4.45. The van der Waals surface area contributed by atoms with Gasteiger partial charge in [0.25, 0.3) is 0 Å². The van der Waals surface area contributed by atoms with E-state index in [0.717, 1.165) is 12.1 Å². The van der Waals surface area contributed by atoms with Gasteiger partial charge in [0.2, 0.25) is 5.91 Å². The summed E-state index contributed by atoms with van der Waals surface area (Å²) >= 11 is 1.17. The van der Waals surface area contributed by atoms with Crippen LogP contribution in [-0.2, 0) is 11.2 Å². The number of nitrogens with two attached hydrogens (primary N) is 1. The zero-order valence-electron chi connectivity index (χ0n) is 12.0. The van der Waals surface area contributed by atoms with Crippen LogP contribution in [0.3, 0.4) is 0 Å². The summed E-state index contributed by atoms with van der Waals surface area (Å²) < 4.78 is 0. The first-order chi connectivity index (χ1) is 10.6. The lowest BCUT2D eigenvalue weighted by molar-refractivity contribution is -0.113. The van der Waals surface area contributed by atoms with Gasteiger partial charge in [0.15, 0.2) is 5.16 Å². The van der Waals surface area contributed by atoms with Crippen molar-refractivity contribution in [2.75, 3.05) is 16.8 Å². The summed E-state index contributed by atoms with van der Waals surface area (Å²) in [5, 5.41) is 11.9. The van der Waals surface area contributed by atoms with Crippen molar-refractivity contribution in [1.29, 1.82) is 5.26 Å². The highest BCUT2D eigenvalue weighted by Gasteiger charge is 2.08.